The van der Waals surface area contributed by atoms with Crippen LogP contribution in [-0.2, 0) is 22.3 Å². The third-order valence-corrected chi connectivity index (χ3v) is 4.62. The van der Waals surface area contributed by atoms with Gasteiger partial charge in [-0.15, -0.1) is 5.10 Å². The van der Waals surface area contributed by atoms with Gasteiger partial charge in [0, 0.05) is 11.4 Å². The van der Waals surface area contributed by atoms with Gasteiger partial charge in [-0.2, -0.15) is 13.2 Å². The highest BCUT2D eigenvalue weighted by Gasteiger charge is 2.30. The van der Waals surface area contributed by atoms with Crippen molar-refractivity contribution in [3.8, 4) is 0 Å². The highest BCUT2D eigenvalue weighted by atomic mass is 19.4. The largest absolute Gasteiger partial charge is 0.462 e. The Morgan fingerprint density at radius 2 is 1.74 bits per heavy atom. The van der Waals surface area contributed by atoms with E-state index >= 15 is 0 Å². The number of amides is 2. The average molecular weight is 475 g/mol. The Morgan fingerprint density at radius 3 is 2.38 bits per heavy atom. The lowest BCUT2D eigenvalue weighted by Crippen LogP contribution is -2.21. The molecule has 0 aliphatic heterocycles. The molecule has 2 aromatic carbocycles. The van der Waals surface area contributed by atoms with Crippen LogP contribution in [-0.4, -0.2) is 39.4 Å². The molecule has 0 atom stereocenters. The molecule has 3 rings (SSSR count). The molecule has 0 aliphatic carbocycles. The van der Waals surface area contributed by atoms with Gasteiger partial charge in [-0.3, -0.25) is 9.59 Å². The number of halogens is 3. The number of esters is 1. The van der Waals surface area contributed by atoms with E-state index < -0.39 is 29.5 Å². The summed E-state index contributed by atoms with van der Waals surface area (Å²) in [5, 5.41) is 12.5. The summed E-state index contributed by atoms with van der Waals surface area (Å²) in [7, 11) is 0. The molecule has 0 fully saturated rings. The van der Waals surface area contributed by atoms with Gasteiger partial charge in [-0.05, 0) is 56.3 Å². The van der Waals surface area contributed by atoms with Crippen molar-refractivity contribution in [2.75, 3.05) is 17.2 Å². The number of carbonyl (C=O) groups is 3. The zero-order chi connectivity index (χ0) is 24.9. The number of hydrogen-bond donors (Lipinski definition) is 2. The Labute approximate surface area is 191 Å². The first-order valence-electron chi connectivity index (χ1n) is 10.0. The lowest BCUT2D eigenvalue weighted by Gasteiger charge is -2.09. The molecule has 3 aromatic rings. The summed E-state index contributed by atoms with van der Waals surface area (Å²) in [5.41, 5.74) is -0.0848. The maximum atomic E-state index is 12.9. The Balaban J connectivity index is 1.63. The van der Waals surface area contributed by atoms with Gasteiger partial charge in [-0.25, -0.2) is 9.48 Å². The lowest BCUT2D eigenvalue weighted by atomic mass is 10.2. The first kappa shape index (κ1) is 24.4. The van der Waals surface area contributed by atoms with Crippen LogP contribution in [0.1, 0.15) is 39.0 Å². The van der Waals surface area contributed by atoms with Gasteiger partial charge < -0.3 is 15.4 Å². The average Bonchev–Trinajstić information content (AvgIpc) is 3.14. The van der Waals surface area contributed by atoms with Gasteiger partial charge in [0.05, 0.1) is 23.4 Å². The maximum absolute atomic E-state index is 12.9. The molecule has 34 heavy (non-hydrogen) atoms. The molecule has 0 spiro atoms. The van der Waals surface area contributed by atoms with Crippen LogP contribution in [0.2, 0.25) is 0 Å². The molecule has 1 aromatic heterocycles. The Kier molecular flexibility index (Phi) is 7.29. The molecule has 178 valence electrons. The molecular formula is C22H20F3N5O4. The van der Waals surface area contributed by atoms with Crippen LogP contribution in [0.4, 0.5) is 24.5 Å². The van der Waals surface area contributed by atoms with Crippen molar-refractivity contribution in [3.63, 3.8) is 0 Å². The summed E-state index contributed by atoms with van der Waals surface area (Å²) in [6, 6.07) is 10.3. The van der Waals surface area contributed by atoms with Gasteiger partial charge in [-0.1, -0.05) is 11.3 Å². The fourth-order valence-electron chi connectivity index (χ4n) is 2.92. The molecule has 2 N–H and O–H groups in total. The van der Waals surface area contributed by atoms with Crippen molar-refractivity contribution in [1.82, 2.24) is 15.0 Å². The Hall–Kier alpha value is -4.22. The minimum Gasteiger partial charge on any atom is -0.462 e. The molecule has 1 heterocycles. The number of benzene rings is 2. The topological polar surface area (TPSA) is 115 Å². The van der Waals surface area contributed by atoms with Crippen molar-refractivity contribution < 1.29 is 32.3 Å². The minimum absolute atomic E-state index is 0.0576. The van der Waals surface area contributed by atoms with E-state index in [1.807, 2.05) is 0 Å². The molecule has 12 heteroatoms. The number of rotatable bonds is 7. The van der Waals surface area contributed by atoms with E-state index in [1.54, 1.807) is 6.92 Å². The lowest BCUT2D eigenvalue weighted by molar-refractivity contribution is -0.137. The van der Waals surface area contributed by atoms with E-state index in [2.05, 4.69) is 20.9 Å². The first-order chi connectivity index (χ1) is 16.1. The third-order valence-electron chi connectivity index (χ3n) is 4.62. The van der Waals surface area contributed by atoms with Gasteiger partial charge in [0.1, 0.15) is 6.54 Å². The molecule has 0 radical (unpaired) electrons. The molecule has 2 amide bonds. The van der Waals surface area contributed by atoms with E-state index in [0.717, 1.165) is 12.1 Å². The fraction of sp³-hybridized carbons (Fsp3) is 0.227. The van der Waals surface area contributed by atoms with Crippen molar-refractivity contribution in [1.29, 1.82) is 0 Å². The molecule has 0 saturated heterocycles. The van der Waals surface area contributed by atoms with Gasteiger partial charge in [0.15, 0.2) is 5.69 Å². The zero-order valence-corrected chi connectivity index (χ0v) is 18.1. The monoisotopic (exact) mass is 475 g/mol. The molecule has 0 saturated carbocycles. The number of ether oxygens (including phenoxy) is 1. The second-order valence-corrected chi connectivity index (χ2v) is 7.06. The van der Waals surface area contributed by atoms with E-state index in [1.165, 1.54) is 48.0 Å². The number of alkyl halides is 3. The molecule has 9 nitrogen and oxygen atoms in total. The van der Waals surface area contributed by atoms with Crippen LogP contribution in [0.5, 0.6) is 0 Å². The normalized spacial score (nSPS) is 11.1. The van der Waals surface area contributed by atoms with Crippen molar-refractivity contribution in [3.05, 3.63) is 71.0 Å². The number of hydrogen-bond acceptors (Lipinski definition) is 6. The minimum atomic E-state index is -4.55. The molecule has 0 unspecified atom stereocenters. The number of nitrogens with zero attached hydrogens (tertiary/aromatic N) is 3. The van der Waals surface area contributed by atoms with Gasteiger partial charge in [0.25, 0.3) is 5.91 Å². The number of nitrogens with one attached hydrogen (secondary N) is 2. The van der Waals surface area contributed by atoms with Crippen LogP contribution in [0.15, 0.2) is 48.5 Å². The van der Waals surface area contributed by atoms with Crippen LogP contribution in [0.25, 0.3) is 0 Å². The summed E-state index contributed by atoms with van der Waals surface area (Å²) in [5.74, 6) is -1.71. The summed E-state index contributed by atoms with van der Waals surface area (Å²) in [6.07, 6.45) is -4.55. The SMILES string of the molecule is CCOC(=O)c1ccc(NC(=O)Cn2nnc(C(=O)Nc3cccc(C(F)(F)F)c3)c2C)cc1. The van der Waals surface area contributed by atoms with Gasteiger partial charge >= 0.3 is 12.1 Å². The summed E-state index contributed by atoms with van der Waals surface area (Å²) >= 11 is 0. The number of anilines is 2. The quantitative estimate of drug-likeness (QED) is 0.504. The zero-order valence-electron chi connectivity index (χ0n) is 18.1. The fourth-order valence-corrected chi connectivity index (χ4v) is 2.92. The van der Waals surface area contributed by atoms with Crippen molar-refractivity contribution in [2.24, 2.45) is 0 Å². The first-order valence-corrected chi connectivity index (χ1v) is 10.0. The molecule has 0 bridgehead atoms. The second-order valence-electron chi connectivity index (χ2n) is 7.06. The number of aromatic nitrogens is 3. The summed E-state index contributed by atoms with van der Waals surface area (Å²) in [6.45, 7) is 3.17. The standard InChI is InChI=1S/C22H20F3N5O4/c1-3-34-21(33)14-7-9-16(10-8-14)26-18(31)12-30-13(2)19(28-29-30)20(32)27-17-6-4-5-15(11-17)22(23,24)25/h4-11H,3,12H2,1-2H3,(H,26,31)(H,27,32). The van der Waals surface area contributed by atoms with Crippen LogP contribution in [0.3, 0.4) is 0 Å². The Bertz CT molecular complexity index is 1210. The second kappa shape index (κ2) is 10.1. The number of carbonyl (C=O) groups excluding carboxylic acids is 3. The van der Waals surface area contributed by atoms with Gasteiger partial charge in [0.2, 0.25) is 5.91 Å². The van der Waals surface area contributed by atoms with Crippen molar-refractivity contribution >= 4 is 29.2 Å². The summed E-state index contributed by atoms with van der Waals surface area (Å²) in [4.78, 5) is 36.5. The van der Waals surface area contributed by atoms with Crippen molar-refractivity contribution in [2.45, 2.75) is 26.6 Å². The van der Waals surface area contributed by atoms with Crippen LogP contribution >= 0.6 is 0 Å². The van der Waals surface area contributed by atoms with E-state index in [9.17, 15) is 27.6 Å². The summed E-state index contributed by atoms with van der Waals surface area (Å²) < 4.78 is 44.7. The highest BCUT2D eigenvalue weighted by molar-refractivity contribution is 6.03. The van der Waals surface area contributed by atoms with Crippen LogP contribution in [0, 0.1) is 6.92 Å². The predicted molar refractivity (Wildman–Crippen MR) is 115 cm³/mol. The smallest absolute Gasteiger partial charge is 0.416 e. The van der Waals surface area contributed by atoms with Crippen LogP contribution < -0.4 is 10.6 Å². The molecule has 0 aliphatic rings. The highest BCUT2D eigenvalue weighted by Crippen LogP contribution is 2.30. The predicted octanol–water partition coefficient (Wildman–Crippen LogP) is 3.67. The maximum Gasteiger partial charge on any atom is 0.416 e. The molecular weight excluding hydrogens is 455 g/mol. The van der Waals surface area contributed by atoms with E-state index in [-0.39, 0.29) is 30.2 Å². The van der Waals surface area contributed by atoms with E-state index in [4.69, 9.17) is 4.74 Å². The third kappa shape index (κ3) is 5.97. The Morgan fingerprint density at radius 1 is 1.03 bits per heavy atom. The van der Waals surface area contributed by atoms with E-state index in [0.29, 0.717) is 11.3 Å².